The summed E-state index contributed by atoms with van der Waals surface area (Å²) in [4.78, 5) is 0. The molecular weight excluding hydrogens is 214 g/mol. The molecule has 0 spiro atoms. The number of hydrogen-bond acceptors (Lipinski definition) is 3. The molecule has 0 amide bonds. The fourth-order valence-corrected chi connectivity index (χ4v) is 2.51. The predicted molar refractivity (Wildman–Crippen MR) is 71.3 cm³/mol. The van der Waals surface area contributed by atoms with Crippen LogP contribution in [0, 0.1) is 11.3 Å². The molecule has 0 aromatic rings. The monoisotopic (exact) mass is 243 g/mol. The van der Waals surface area contributed by atoms with E-state index in [1.165, 1.54) is 6.42 Å². The molecule has 0 saturated carbocycles. The van der Waals surface area contributed by atoms with Crippen LogP contribution < -0.4 is 5.32 Å². The van der Waals surface area contributed by atoms with Crippen molar-refractivity contribution in [3.05, 3.63) is 0 Å². The van der Waals surface area contributed by atoms with Gasteiger partial charge in [0.2, 0.25) is 0 Å². The van der Waals surface area contributed by atoms with Gasteiger partial charge >= 0.3 is 0 Å². The SMILES string of the molecule is CCOCC(C)NC[C@H]1CCO[C@@H]1C(C)(C)C. The molecule has 3 nitrogen and oxygen atoms in total. The largest absolute Gasteiger partial charge is 0.380 e. The summed E-state index contributed by atoms with van der Waals surface area (Å²) in [6, 6.07) is 0.427. The lowest BCUT2D eigenvalue weighted by atomic mass is 9.81. The maximum absolute atomic E-state index is 5.87. The van der Waals surface area contributed by atoms with Gasteiger partial charge in [0.1, 0.15) is 0 Å². The average Bonchev–Trinajstić information content (AvgIpc) is 2.71. The molecule has 3 heteroatoms. The first-order chi connectivity index (χ1) is 7.95. The van der Waals surface area contributed by atoms with Crippen LogP contribution in [0.1, 0.15) is 41.0 Å². The van der Waals surface area contributed by atoms with Crippen molar-refractivity contribution >= 4 is 0 Å². The molecule has 1 heterocycles. The van der Waals surface area contributed by atoms with E-state index in [0.29, 0.717) is 18.1 Å². The summed E-state index contributed by atoms with van der Waals surface area (Å²) >= 11 is 0. The molecule has 0 aromatic carbocycles. The minimum atomic E-state index is 0.242. The van der Waals surface area contributed by atoms with E-state index in [0.717, 1.165) is 26.4 Å². The smallest absolute Gasteiger partial charge is 0.0664 e. The number of ether oxygens (including phenoxy) is 2. The van der Waals surface area contributed by atoms with Gasteiger partial charge in [-0.25, -0.2) is 0 Å². The molecular formula is C14H29NO2. The van der Waals surface area contributed by atoms with Gasteiger partial charge in [0, 0.05) is 31.7 Å². The van der Waals surface area contributed by atoms with E-state index in [1.807, 2.05) is 6.92 Å². The Morgan fingerprint density at radius 1 is 1.41 bits per heavy atom. The van der Waals surface area contributed by atoms with Crippen LogP contribution in [-0.2, 0) is 9.47 Å². The lowest BCUT2D eigenvalue weighted by Gasteiger charge is -2.31. The maximum atomic E-state index is 5.87. The predicted octanol–water partition coefficient (Wildman–Crippen LogP) is 2.45. The normalized spacial score (nSPS) is 27.4. The van der Waals surface area contributed by atoms with Gasteiger partial charge in [0.25, 0.3) is 0 Å². The zero-order chi connectivity index (χ0) is 12.9. The molecule has 0 aromatic heterocycles. The molecule has 1 unspecified atom stereocenters. The van der Waals surface area contributed by atoms with E-state index < -0.39 is 0 Å². The first-order valence-corrected chi connectivity index (χ1v) is 6.88. The van der Waals surface area contributed by atoms with Crippen LogP contribution in [0.3, 0.4) is 0 Å². The zero-order valence-electron chi connectivity index (χ0n) is 12.1. The minimum Gasteiger partial charge on any atom is -0.380 e. The topological polar surface area (TPSA) is 30.5 Å². The summed E-state index contributed by atoms with van der Waals surface area (Å²) < 4.78 is 11.3. The van der Waals surface area contributed by atoms with E-state index in [9.17, 15) is 0 Å². The van der Waals surface area contributed by atoms with Crippen LogP contribution in [-0.4, -0.2) is 38.5 Å². The van der Waals surface area contributed by atoms with Gasteiger partial charge in [-0.2, -0.15) is 0 Å². The molecule has 0 radical (unpaired) electrons. The van der Waals surface area contributed by atoms with Gasteiger partial charge in [-0.3, -0.25) is 0 Å². The molecule has 1 fully saturated rings. The summed E-state index contributed by atoms with van der Waals surface area (Å²) in [5, 5.41) is 3.56. The Labute approximate surface area is 106 Å². The second-order valence-electron chi connectivity index (χ2n) is 6.17. The third kappa shape index (κ3) is 4.94. The summed E-state index contributed by atoms with van der Waals surface area (Å²) in [6.45, 7) is 14.5. The Kier molecular flexibility index (Phi) is 5.90. The summed E-state index contributed by atoms with van der Waals surface area (Å²) in [7, 11) is 0. The second kappa shape index (κ2) is 6.72. The van der Waals surface area contributed by atoms with Gasteiger partial charge in [-0.05, 0) is 25.7 Å². The van der Waals surface area contributed by atoms with Crippen molar-refractivity contribution in [1.29, 1.82) is 0 Å². The molecule has 1 aliphatic heterocycles. The maximum Gasteiger partial charge on any atom is 0.0664 e. The summed E-state index contributed by atoms with van der Waals surface area (Å²) in [5.41, 5.74) is 0.242. The van der Waals surface area contributed by atoms with E-state index in [2.05, 4.69) is 33.0 Å². The number of hydrogen-bond donors (Lipinski definition) is 1. The molecule has 1 N–H and O–H groups in total. The van der Waals surface area contributed by atoms with Gasteiger partial charge in [-0.1, -0.05) is 20.8 Å². The third-order valence-electron chi connectivity index (χ3n) is 3.37. The standard InChI is InChI=1S/C14H29NO2/c1-6-16-10-11(2)15-9-12-7-8-17-13(12)14(3,4)5/h11-13,15H,6-10H2,1-5H3/t11?,12-,13+/m1/s1. The van der Waals surface area contributed by atoms with Crippen molar-refractivity contribution in [3.8, 4) is 0 Å². The number of nitrogens with one attached hydrogen (secondary N) is 1. The van der Waals surface area contributed by atoms with Gasteiger partial charge in [0.05, 0.1) is 12.7 Å². The lowest BCUT2D eigenvalue weighted by Crippen LogP contribution is -2.40. The van der Waals surface area contributed by atoms with E-state index in [-0.39, 0.29) is 5.41 Å². The van der Waals surface area contributed by atoms with Crippen molar-refractivity contribution in [2.75, 3.05) is 26.4 Å². The molecule has 0 aliphatic carbocycles. The van der Waals surface area contributed by atoms with Gasteiger partial charge in [-0.15, -0.1) is 0 Å². The quantitative estimate of drug-likeness (QED) is 0.777. The van der Waals surface area contributed by atoms with Crippen molar-refractivity contribution in [2.24, 2.45) is 11.3 Å². The highest BCUT2D eigenvalue weighted by Crippen LogP contribution is 2.34. The Hall–Kier alpha value is -0.120. The highest BCUT2D eigenvalue weighted by atomic mass is 16.5. The molecule has 102 valence electrons. The average molecular weight is 243 g/mol. The fraction of sp³-hybridized carbons (Fsp3) is 1.00. The van der Waals surface area contributed by atoms with E-state index in [1.54, 1.807) is 0 Å². The van der Waals surface area contributed by atoms with Gasteiger partial charge < -0.3 is 14.8 Å². The highest BCUT2D eigenvalue weighted by molar-refractivity contribution is 4.87. The number of rotatable bonds is 6. The van der Waals surface area contributed by atoms with E-state index in [4.69, 9.17) is 9.47 Å². The van der Waals surface area contributed by atoms with Crippen LogP contribution in [0.15, 0.2) is 0 Å². The van der Waals surface area contributed by atoms with Crippen LogP contribution in [0.5, 0.6) is 0 Å². The molecule has 17 heavy (non-hydrogen) atoms. The van der Waals surface area contributed by atoms with Crippen LogP contribution in [0.2, 0.25) is 0 Å². The molecule has 1 aliphatic rings. The van der Waals surface area contributed by atoms with Gasteiger partial charge in [0.15, 0.2) is 0 Å². The third-order valence-corrected chi connectivity index (χ3v) is 3.37. The van der Waals surface area contributed by atoms with Crippen molar-refractivity contribution in [1.82, 2.24) is 5.32 Å². The van der Waals surface area contributed by atoms with Crippen LogP contribution >= 0.6 is 0 Å². The highest BCUT2D eigenvalue weighted by Gasteiger charge is 2.36. The molecule has 3 atom stereocenters. The first-order valence-electron chi connectivity index (χ1n) is 6.88. The van der Waals surface area contributed by atoms with Crippen molar-refractivity contribution < 1.29 is 9.47 Å². The molecule has 0 bridgehead atoms. The fourth-order valence-electron chi connectivity index (χ4n) is 2.51. The van der Waals surface area contributed by atoms with Crippen molar-refractivity contribution in [3.63, 3.8) is 0 Å². The Bertz CT molecular complexity index is 213. The Morgan fingerprint density at radius 2 is 2.12 bits per heavy atom. The second-order valence-corrected chi connectivity index (χ2v) is 6.17. The summed E-state index contributed by atoms with van der Waals surface area (Å²) in [5.74, 6) is 0.638. The zero-order valence-corrected chi connectivity index (χ0v) is 12.1. The summed E-state index contributed by atoms with van der Waals surface area (Å²) in [6.07, 6.45) is 1.56. The van der Waals surface area contributed by atoms with Crippen LogP contribution in [0.4, 0.5) is 0 Å². The van der Waals surface area contributed by atoms with Crippen molar-refractivity contribution in [2.45, 2.75) is 53.2 Å². The lowest BCUT2D eigenvalue weighted by molar-refractivity contribution is 0.00620. The van der Waals surface area contributed by atoms with Crippen LogP contribution in [0.25, 0.3) is 0 Å². The Morgan fingerprint density at radius 3 is 2.71 bits per heavy atom. The molecule has 1 rings (SSSR count). The van der Waals surface area contributed by atoms with E-state index >= 15 is 0 Å². The Balaban J connectivity index is 2.30. The molecule has 1 saturated heterocycles. The minimum absolute atomic E-state index is 0.242. The first kappa shape index (κ1) is 14.9.